The Morgan fingerprint density at radius 3 is 0.910 bits per heavy atom. The van der Waals surface area contributed by atoms with E-state index in [0.29, 0.717) is 19.3 Å². The molecule has 67 heavy (non-hydrogen) atoms. The summed E-state index contributed by atoms with van der Waals surface area (Å²) in [6.07, 6.45) is 75.8. The van der Waals surface area contributed by atoms with Gasteiger partial charge in [-0.05, 0) is 141 Å². The molecule has 0 heterocycles. The predicted molar refractivity (Wildman–Crippen MR) is 288 cm³/mol. The SMILES string of the molecule is CC/C=C\C/C=C\C/C=C\C/C=C\C/C=C\CCCCCC(=O)OC[C@@H](COC(=O)CCCC/C=C\C/C=C\C/C=C\CCCCC)OC(=O)CCCC/C=C\C/C=C\C/C=C\CCCCC. The molecule has 0 aromatic rings. The van der Waals surface area contributed by atoms with Crippen LogP contribution in [0, 0.1) is 0 Å². The summed E-state index contributed by atoms with van der Waals surface area (Å²) < 4.78 is 16.7. The number of carbonyl (C=O) groups excluding carboxylic acids is 3. The molecule has 0 saturated heterocycles. The maximum absolute atomic E-state index is 12.8. The smallest absolute Gasteiger partial charge is 0.306 e. The second-order valence-corrected chi connectivity index (χ2v) is 17.0. The Morgan fingerprint density at radius 2 is 0.582 bits per heavy atom. The van der Waals surface area contributed by atoms with E-state index < -0.39 is 6.10 Å². The van der Waals surface area contributed by atoms with Crippen molar-refractivity contribution in [1.82, 2.24) is 0 Å². The molecule has 0 rings (SSSR count). The van der Waals surface area contributed by atoms with Crippen LogP contribution in [0.2, 0.25) is 0 Å². The zero-order valence-corrected chi connectivity index (χ0v) is 42.9. The van der Waals surface area contributed by atoms with Gasteiger partial charge in [0.05, 0.1) is 0 Å². The van der Waals surface area contributed by atoms with Gasteiger partial charge in [-0.1, -0.05) is 187 Å². The Bertz CT molecular complexity index is 1480. The highest BCUT2D eigenvalue weighted by Crippen LogP contribution is 2.11. The first-order valence-electron chi connectivity index (χ1n) is 26.7. The number of allylic oxidation sites excluding steroid dienone is 22. The summed E-state index contributed by atoms with van der Waals surface area (Å²) in [6.45, 7) is 6.35. The third kappa shape index (κ3) is 52.4. The van der Waals surface area contributed by atoms with Crippen molar-refractivity contribution in [2.75, 3.05) is 13.2 Å². The van der Waals surface area contributed by atoms with Crippen LogP contribution in [0.4, 0.5) is 0 Å². The number of esters is 3. The van der Waals surface area contributed by atoms with Crippen LogP contribution in [-0.4, -0.2) is 37.2 Å². The normalized spacial score (nSPS) is 13.2. The first kappa shape index (κ1) is 62.5. The van der Waals surface area contributed by atoms with Gasteiger partial charge in [-0.15, -0.1) is 0 Å². The van der Waals surface area contributed by atoms with Crippen LogP contribution in [-0.2, 0) is 28.6 Å². The summed E-state index contributed by atoms with van der Waals surface area (Å²) >= 11 is 0. The monoisotopic (exact) mass is 925 g/mol. The van der Waals surface area contributed by atoms with E-state index in [2.05, 4.69) is 154 Å². The number of ether oxygens (including phenoxy) is 3. The second kappa shape index (κ2) is 54.2. The molecule has 0 aliphatic rings. The number of unbranched alkanes of at least 4 members (excludes halogenated alkanes) is 13. The number of hydrogen-bond acceptors (Lipinski definition) is 6. The van der Waals surface area contributed by atoms with E-state index in [0.717, 1.165) is 109 Å². The second-order valence-electron chi connectivity index (χ2n) is 17.0. The van der Waals surface area contributed by atoms with E-state index in [-0.39, 0.29) is 44.0 Å². The van der Waals surface area contributed by atoms with Crippen molar-refractivity contribution in [1.29, 1.82) is 0 Å². The highest BCUT2D eigenvalue weighted by Gasteiger charge is 2.19. The first-order chi connectivity index (χ1) is 33.0. The molecule has 376 valence electrons. The molecule has 0 bridgehead atoms. The standard InChI is InChI=1S/C61H96O6/c1-4-7-10-13-16-19-22-25-28-29-30-31-34-36-39-42-45-48-51-54-60(63)66-57-58(67-61(64)55-52-49-46-43-40-37-33-27-24-21-18-15-12-9-6-3)56-65-59(62)53-50-47-44-41-38-35-32-26-23-20-17-14-11-8-5-2/h7,10,16-21,25-28,30-33,36,38-41,43,58H,4-6,8-9,11-15,22-24,29,34-35,37,42,44-57H2,1-3H3/b10-7-,19-16-,20-17-,21-18-,28-25-,31-30-,32-26-,33-27-,39-36-,41-38-,43-40-/t58-/m1/s1. The fraction of sp³-hybridized carbons (Fsp3) is 0.590. The molecule has 0 aliphatic carbocycles. The fourth-order valence-corrected chi connectivity index (χ4v) is 6.60. The van der Waals surface area contributed by atoms with Gasteiger partial charge in [0.2, 0.25) is 0 Å². The van der Waals surface area contributed by atoms with Crippen molar-refractivity contribution in [3.8, 4) is 0 Å². The van der Waals surface area contributed by atoms with Crippen LogP contribution in [0.3, 0.4) is 0 Å². The fourth-order valence-electron chi connectivity index (χ4n) is 6.60. The molecule has 0 saturated carbocycles. The van der Waals surface area contributed by atoms with Crippen molar-refractivity contribution < 1.29 is 28.6 Å². The van der Waals surface area contributed by atoms with Crippen molar-refractivity contribution in [2.45, 2.75) is 219 Å². The predicted octanol–water partition coefficient (Wildman–Crippen LogP) is 17.9. The van der Waals surface area contributed by atoms with Gasteiger partial charge in [-0.3, -0.25) is 14.4 Å². The van der Waals surface area contributed by atoms with Crippen molar-refractivity contribution in [3.63, 3.8) is 0 Å². The lowest BCUT2D eigenvalue weighted by Gasteiger charge is -2.18. The van der Waals surface area contributed by atoms with E-state index >= 15 is 0 Å². The lowest BCUT2D eigenvalue weighted by molar-refractivity contribution is -0.167. The zero-order valence-electron chi connectivity index (χ0n) is 42.9. The molecule has 0 radical (unpaired) electrons. The Labute approximate surface area is 411 Å². The van der Waals surface area contributed by atoms with Gasteiger partial charge in [0, 0.05) is 19.3 Å². The molecule has 1 atom stereocenters. The highest BCUT2D eigenvalue weighted by atomic mass is 16.6. The molecule has 0 aliphatic heterocycles. The van der Waals surface area contributed by atoms with Gasteiger partial charge < -0.3 is 14.2 Å². The lowest BCUT2D eigenvalue weighted by atomic mass is 10.1. The van der Waals surface area contributed by atoms with Gasteiger partial charge in [-0.25, -0.2) is 0 Å². The maximum atomic E-state index is 12.8. The van der Waals surface area contributed by atoms with Gasteiger partial charge in [-0.2, -0.15) is 0 Å². The highest BCUT2D eigenvalue weighted by molar-refractivity contribution is 5.71. The largest absolute Gasteiger partial charge is 0.462 e. The molecule has 0 spiro atoms. The summed E-state index contributed by atoms with van der Waals surface area (Å²) in [5.41, 5.74) is 0. The lowest BCUT2D eigenvalue weighted by Crippen LogP contribution is -2.30. The van der Waals surface area contributed by atoms with E-state index in [9.17, 15) is 14.4 Å². The van der Waals surface area contributed by atoms with Gasteiger partial charge in [0.15, 0.2) is 6.10 Å². The molecule has 0 aromatic heterocycles. The topological polar surface area (TPSA) is 78.9 Å². The summed E-state index contributed by atoms with van der Waals surface area (Å²) in [7, 11) is 0. The van der Waals surface area contributed by atoms with Crippen molar-refractivity contribution in [3.05, 3.63) is 134 Å². The summed E-state index contributed by atoms with van der Waals surface area (Å²) in [5.74, 6) is -1.04. The van der Waals surface area contributed by atoms with E-state index in [1.807, 2.05) is 0 Å². The number of rotatable bonds is 46. The minimum absolute atomic E-state index is 0.128. The van der Waals surface area contributed by atoms with Crippen LogP contribution in [0.15, 0.2) is 134 Å². The van der Waals surface area contributed by atoms with E-state index in [4.69, 9.17) is 14.2 Å². The third-order valence-electron chi connectivity index (χ3n) is 10.6. The Balaban J connectivity index is 4.59. The third-order valence-corrected chi connectivity index (χ3v) is 10.6. The number of carbonyl (C=O) groups is 3. The molecular weight excluding hydrogens is 829 g/mol. The first-order valence-corrected chi connectivity index (χ1v) is 26.7. The maximum Gasteiger partial charge on any atom is 0.306 e. The van der Waals surface area contributed by atoms with Crippen LogP contribution in [0.25, 0.3) is 0 Å². The minimum atomic E-state index is -0.832. The Morgan fingerprint density at radius 1 is 0.313 bits per heavy atom. The Hall–Kier alpha value is -4.45. The summed E-state index contributed by atoms with van der Waals surface area (Å²) in [6, 6.07) is 0. The van der Waals surface area contributed by atoms with Crippen LogP contribution in [0.1, 0.15) is 213 Å². The van der Waals surface area contributed by atoms with Crippen LogP contribution >= 0.6 is 0 Å². The molecule has 0 N–H and O–H groups in total. The summed E-state index contributed by atoms with van der Waals surface area (Å²) in [5, 5.41) is 0. The van der Waals surface area contributed by atoms with Crippen LogP contribution < -0.4 is 0 Å². The molecular formula is C61H96O6. The zero-order chi connectivity index (χ0) is 48.6. The molecule has 0 amide bonds. The van der Waals surface area contributed by atoms with Crippen molar-refractivity contribution in [2.24, 2.45) is 0 Å². The molecule has 0 fully saturated rings. The van der Waals surface area contributed by atoms with Gasteiger partial charge >= 0.3 is 17.9 Å². The van der Waals surface area contributed by atoms with Gasteiger partial charge in [0.25, 0.3) is 0 Å². The average Bonchev–Trinajstić information content (AvgIpc) is 3.33. The van der Waals surface area contributed by atoms with Gasteiger partial charge in [0.1, 0.15) is 13.2 Å². The van der Waals surface area contributed by atoms with E-state index in [1.165, 1.54) is 51.4 Å². The van der Waals surface area contributed by atoms with Crippen molar-refractivity contribution >= 4 is 17.9 Å². The molecule has 0 aromatic carbocycles. The Kier molecular flexibility index (Phi) is 50.6. The molecule has 0 unspecified atom stereocenters. The number of hydrogen-bond donors (Lipinski definition) is 0. The van der Waals surface area contributed by atoms with E-state index in [1.54, 1.807) is 0 Å². The average molecular weight is 925 g/mol. The molecule has 6 heteroatoms. The minimum Gasteiger partial charge on any atom is -0.462 e. The molecule has 6 nitrogen and oxygen atoms in total. The van der Waals surface area contributed by atoms with Crippen LogP contribution in [0.5, 0.6) is 0 Å². The quantitative estimate of drug-likeness (QED) is 0.0262. The summed E-state index contributed by atoms with van der Waals surface area (Å²) in [4.78, 5) is 38.0.